The van der Waals surface area contributed by atoms with Gasteiger partial charge in [0.25, 0.3) is 5.91 Å². The van der Waals surface area contributed by atoms with Crippen LogP contribution in [0.25, 0.3) is 0 Å². The van der Waals surface area contributed by atoms with E-state index in [1.54, 1.807) is 7.11 Å². The van der Waals surface area contributed by atoms with Gasteiger partial charge in [0.05, 0.1) is 10.8 Å². The van der Waals surface area contributed by atoms with Gasteiger partial charge in [0.15, 0.2) is 0 Å². The Labute approximate surface area is 99.9 Å². The molecule has 8 heteroatoms. The highest BCUT2D eigenvalue weighted by atomic mass is 32.2. The van der Waals surface area contributed by atoms with Crippen LogP contribution in [0.1, 0.15) is 16.2 Å². The Hall–Kier alpha value is -0.860. The first-order valence-corrected chi connectivity index (χ1v) is 6.96. The van der Waals surface area contributed by atoms with Gasteiger partial charge in [-0.1, -0.05) is 11.3 Å². The minimum absolute atomic E-state index is 0.239. The second-order valence-corrected chi connectivity index (χ2v) is 5.46. The molecule has 1 N–H and O–H groups in total. The van der Waals surface area contributed by atoms with E-state index in [0.29, 0.717) is 17.5 Å². The zero-order chi connectivity index (χ0) is 12.0. The van der Waals surface area contributed by atoms with Gasteiger partial charge >= 0.3 is 0 Å². The van der Waals surface area contributed by atoms with Gasteiger partial charge in [-0.15, -0.1) is 10.2 Å². The minimum atomic E-state index is -1.19. The van der Waals surface area contributed by atoms with E-state index >= 15 is 0 Å². The highest BCUT2D eigenvalue weighted by Crippen LogP contribution is 2.12. The second kappa shape index (κ2) is 6.66. The summed E-state index contributed by atoms with van der Waals surface area (Å²) in [6.07, 6.45) is 2.24. The zero-order valence-corrected chi connectivity index (χ0v) is 10.7. The molecule has 0 spiro atoms. The van der Waals surface area contributed by atoms with E-state index in [1.165, 1.54) is 6.26 Å². The van der Waals surface area contributed by atoms with Crippen LogP contribution in [0.5, 0.6) is 0 Å². The molecule has 16 heavy (non-hydrogen) atoms. The molecule has 0 aliphatic rings. The van der Waals surface area contributed by atoms with Crippen LogP contribution in [0.15, 0.2) is 4.34 Å². The van der Waals surface area contributed by atoms with Gasteiger partial charge in [-0.05, 0) is 6.42 Å². The van der Waals surface area contributed by atoms with Gasteiger partial charge < -0.3 is 10.1 Å². The molecule has 90 valence electrons. The lowest BCUT2D eigenvalue weighted by Gasteiger charge is -2.00. The van der Waals surface area contributed by atoms with Crippen molar-refractivity contribution in [3.05, 3.63) is 5.01 Å². The molecule has 0 saturated heterocycles. The molecule has 0 aromatic carbocycles. The van der Waals surface area contributed by atoms with E-state index in [1.807, 2.05) is 0 Å². The SMILES string of the molecule is COCCCNC(=O)c1nnc(S(C)=O)s1. The fraction of sp³-hybridized carbons (Fsp3) is 0.625. The molecule has 0 bridgehead atoms. The normalized spacial score (nSPS) is 12.4. The van der Waals surface area contributed by atoms with Crippen LogP contribution in [0.4, 0.5) is 0 Å². The third-order valence-corrected chi connectivity index (χ3v) is 3.90. The minimum Gasteiger partial charge on any atom is -0.385 e. The number of nitrogens with zero attached hydrogens (tertiary/aromatic N) is 2. The van der Waals surface area contributed by atoms with Crippen molar-refractivity contribution in [2.24, 2.45) is 0 Å². The van der Waals surface area contributed by atoms with E-state index in [9.17, 15) is 9.00 Å². The van der Waals surface area contributed by atoms with Crippen LogP contribution in [-0.2, 0) is 15.5 Å². The Kier molecular flexibility index (Phi) is 5.50. The fourth-order valence-corrected chi connectivity index (χ4v) is 2.27. The summed E-state index contributed by atoms with van der Waals surface area (Å²) >= 11 is 1.05. The van der Waals surface area contributed by atoms with Gasteiger partial charge in [-0.3, -0.25) is 9.00 Å². The van der Waals surface area contributed by atoms with Crippen LogP contribution in [0.2, 0.25) is 0 Å². The standard InChI is InChI=1S/C8H13N3O3S2/c1-14-5-3-4-9-6(12)7-10-11-8(15-7)16(2)13/h3-5H2,1-2H3,(H,9,12). The first kappa shape index (κ1) is 13.2. The van der Waals surface area contributed by atoms with Crippen molar-refractivity contribution < 1.29 is 13.7 Å². The van der Waals surface area contributed by atoms with Crippen molar-refractivity contribution in [1.82, 2.24) is 15.5 Å². The number of methoxy groups -OCH3 is 1. The number of amides is 1. The Bertz CT molecular complexity index is 380. The lowest BCUT2D eigenvalue weighted by Crippen LogP contribution is -2.25. The lowest BCUT2D eigenvalue weighted by atomic mass is 10.4. The number of carbonyl (C=O) groups excluding carboxylic acids is 1. The summed E-state index contributed by atoms with van der Waals surface area (Å²) in [5.41, 5.74) is 0. The van der Waals surface area contributed by atoms with Gasteiger partial charge in [-0.25, -0.2) is 0 Å². The van der Waals surface area contributed by atoms with Crippen LogP contribution in [0, 0.1) is 0 Å². The maximum atomic E-state index is 11.5. The molecule has 0 fully saturated rings. The van der Waals surface area contributed by atoms with E-state index in [-0.39, 0.29) is 10.9 Å². The molecule has 0 aliphatic heterocycles. The first-order chi connectivity index (χ1) is 7.65. The van der Waals surface area contributed by atoms with Crippen molar-refractivity contribution in [2.75, 3.05) is 26.5 Å². The van der Waals surface area contributed by atoms with Crippen molar-refractivity contribution in [3.63, 3.8) is 0 Å². The highest BCUT2D eigenvalue weighted by Gasteiger charge is 2.13. The number of aromatic nitrogens is 2. The number of carbonyl (C=O) groups is 1. The average Bonchev–Trinajstić information content (AvgIpc) is 2.73. The Morgan fingerprint density at radius 2 is 2.31 bits per heavy atom. The third-order valence-electron chi connectivity index (χ3n) is 1.66. The highest BCUT2D eigenvalue weighted by molar-refractivity contribution is 7.86. The molecule has 1 heterocycles. The van der Waals surface area contributed by atoms with Crippen molar-refractivity contribution >= 4 is 28.0 Å². The Balaban J connectivity index is 2.43. The molecule has 1 unspecified atom stereocenters. The Morgan fingerprint density at radius 1 is 1.56 bits per heavy atom. The summed E-state index contributed by atoms with van der Waals surface area (Å²) in [4.78, 5) is 11.5. The van der Waals surface area contributed by atoms with Gasteiger partial charge in [0.2, 0.25) is 9.35 Å². The van der Waals surface area contributed by atoms with Crippen LogP contribution in [-0.4, -0.2) is 46.8 Å². The van der Waals surface area contributed by atoms with Crippen molar-refractivity contribution in [1.29, 1.82) is 0 Å². The number of hydrogen-bond acceptors (Lipinski definition) is 6. The fourth-order valence-electron chi connectivity index (χ4n) is 0.912. The summed E-state index contributed by atoms with van der Waals surface area (Å²) in [5, 5.41) is 10.2. The molecule has 1 aromatic heterocycles. The van der Waals surface area contributed by atoms with Crippen molar-refractivity contribution in [3.8, 4) is 0 Å². The summed E-state index contributed by atoms with van der Waals surface area (Å²) < 4.78 is 16.3. The Morgan fingerprint density at radius 3 is 2.88 bits per heavy atom. The predicted molar refractivity (Wildman–Crippen MR) is 61.1 cm³/mol. The quantitative estimate of drug-likeness (QED) is 0.733. The van der Waals surface area contributed by atoms with Gasteiger partial charge in [0, 0.05) is 26.5 Å². The topological polar surface area (TPSA) is 81.2 Å². The molecule has 6 nitrogen and oxygen atoms in total. The molecule has 0 aliphatic carbocycles. The predicted octanol–water partition coefficient (Wildman–Crippen LogP) is 0.0418. The van der Waals surface area contributed by atoms with Crippen LogP contribution in [0.3, 0.4) is 0 Å². The molecule has 0 saturated carbocycles. The molecular formula is C8H13N3O3S2. The summed E-state index contributed by atoms with van der Waals surface area (Å²) in [6.45, 7) is 1.12. The molecule has 1 amide bonds. The molecule has 1 aromatic rings. The molecular weight excluding hydrogens is 250 g/mol. The summed E-state index contributed by atoms with van der Waals surface area (Å²) in [7, 11) is 0.418. The maximum absolute atomic E-state index is 11.5. The molecule has 1 rings (SSSR count). The summed E-state index contributed by atoms with van der Waals surface area (Å²) in [5.74, 6) is -0.287. The zero-order valence-electron chi connectivity index (χ0n) is 9.06. The van der Waals surface area contributed by atoms with Gasteiger partial charge in [0.1, 0.15) is 0 Å². The number of ether oxygens (including phenoxy) is 1. The number of rotatable bonds is 6. The van der Waals surface area contributed by atoms with Gasteiger partial charge in [-0.2, -0.15) is 0 Å². The van der Waals surface area contributed by atoms with Crippen molar-refractivity contribution in [2.45, 2.75) is 10.8 Å². The second-order valence-electron chi connectivity index (χ2n) is 2.93. The molecule has 1 atom stereocenters. The van der Waals surface area contributed by atoms with E-state index in [2.05, 4.69) is 15.5 Å². The van der Waals surface area contributed by atoms with Crippen LogP contribution < -0.4 is 5.32 Å². The van der Waals surface area contributed by atoms with E-state index in [4.69, 9.17) is 4.74 Å². The smallest absolute Gasteiger partial charge is 0.282 e. The molecule has 0 radical (unpaired) electrons. The van der Waals surface area contributed by atoms with Crippen LogP contribution >= 0.6 is 11.3 Å². The van der Waals surface area contributed by atoms with E-state index < -0.39 is 10.8 Å². The number of hydrogen-bond donors (Lipinski definition) is 1. The largest absolute Gasteiger partial charge is 0.385 e. The maximum Gasteiger partial charge on any atom is 0.282 e. The lowest BCUT2D eigenvalue weighted by molar-refractivity contribution is 0.0947. The third kappa shape index (κ3) is 3.95. The van der Waals surface area contributed by atoms with E-state index in [0.717, 1.165) is 17.8 Å². The first-order valence-electron chi connectivity index (χ1n) is 4.59. The average molecular weight is 263 g/mol. The summed E-state index contributed by atoms with van der Waals surface area (Å²) in [6, 6.07) is 0. The number of nitrogens with one attached hydrogen (secondary N) is 1. The monoisotopic (exact) mass is 263 g/mol.